The van der Waals surface area contributed by atoms with E-state index in [4.69, 9.17) is 4.74 Å². The van der Waals surface area contributed by atoms with Gasteiger partial charge in [-0.15, -0.1) is 0 Å². The Morgan fingerprint density at radius 2 is 2.06 bits per heavy atom. The number of carbonyl (C=O) groups excluding carboxylic acids is 2. The normalized spacial score (nSPS) is 18.8. The third-order valence-corrected chi connectivity index (χ3v) is 6.31. The van der Waals surface area contributed by atoms with Crippen LogP contribution in [0.1, 0.15) is 19.8 Å². The van der Waals surface area contributed by atoms with E-state index in [1.807, 2.05) is 4.90 Å². The quantitative estimate of drug-likeness (QED) is 0.440. The minimum Gasteiger partial charge on any atom is -0.442 e. The van der Waals surface area contributed by atoms with E-state index in [9.17, 15) is 25.0 Å². The van der Waals surface area contributed by atoms with Crippen LogP contribution in [0, 0.1) is 27.3 Å². The predicted molar refractivity (Wildman–Crippen MR) is 129 cm³/mol. The number of ether oxygens (including phenoxy) is 1. The first-order valence-electron chi connectivity index (χ1n) is 11.4. The Kier molecular flexibility index (Phi) is 6.91. The third-order valence-electron chi connectivity index (χ3n) is 6.31. The summed E-state index contributed by atoms with van der Waals surface area (Å²) < 4.78 is 20.3. The van der Waals surface area contributed by atoms with E-state index in [2.05, 4.69) is 16.7 Å². The smallest absolute Gasteiger partial charge is 0.414 e. The molecule has 2 aliphatic rings. The molecule has 0 aliphatic carbocycles. The van der Waals surface area contributed by atoms with Gasteiger partial charge in [0.25, 0.3) is 5.69 Å². The number of piperidine rings is 1. The first kappa shape index (κ1) is 24.7. The Morgan fingerprint density at radius 3 is 2.69 bits per heavy atom. The lowest BCUT2D eigenvalue weighted by Gasteiger charge is -2.39. The molecule has 12 heteroatoms. The molecule has 2 aromatic rings. The monoisotopic (exact) mass is 496 g/mol. The van der Waals surface area contributed by atoms with Gasteiger partial charge < -0.3 is 20.3 Å². The molecule has 188 valence electrons. The molecule has 0 bridgehead atoms. The molecule has 36 heavy (non-hydrogen) atoms. The van der Waals surface area contributed by atoms with Crippen molar-refractivity contribution in [2.45, 2.75) is 31.4 Å². The Balaban J connectivity index is 1.41. The number of hydrogen-bond donors (Lipinski definition) is 2. The molecule has 0 radical (unpaired) electrons. The Morgan fingerprint density at radius 1 is 1.31 bits per heavy atom. The zero-order chi connectivity index (χ0) is 25.9. The largest absolute Gasteiger partial charge is 0.442 e. The van der Waals surface area contributed by atoms with Crippen LogP contribution in [-0.4, -0.2) is 54.7 Å². The van der Waals surface area contributed by atoms with Gasteiger partial charge in [0.15, 0.2) is 0 Å². The summed E-state index contributed by atoms with van der Waals surface area (Å²) in [5.41, 5.74) is 0.162. The average molecular weight is 496 g/mol. The van der Waals surface area contributed by atoms with Crippen molar-refractivity contribution >= 4 is 34.7 Å². The molecule has 0 saturated carbocycles. The molecule has 11 nitrogen and oxygen atoms in total. The van der Waals surface area contributed by atoms with Crippen LogP contribution in [0.4, 0.5) is 31.9 Å². The summed E-state index contributed by atoms with van der Waals surface area (Å²) in [6, 6.07) is 12.8. The average Bonchev–Trinajstić information content (AvgIpc) is 3.24. The van der Waals surface area contributed by atoms with Gasteiger partial charge in [-0.2, -0.15) is 5.26 Å². The molecular formula is C24H25FN6O5. The Bertz CT molecular complexity index is 1220. The highest BCUT2D eigenvalue weighted by Crippen LogP contribution is 2.33. The van der Waals surface area contributed by atoms with E-state index in [0.29, 0.717) is 43.0 Å². The van der Waals surface area contributed by atoms with E-state index in [1.165, 1.54) is 30.0 Å². The lowest BCUT2D eigenvalue weighted by atomic mass is 9.88. The SMILES string of the molecule is CC(=O)NCC1CN(c2ccc(N3CCC(C#N)(Nc4cccc([N+](=O)[O-])c4)CC3)c(F)c2)C(=O)O1. The zero-order valence-corrected chi connectivity index (χ0v) is 19.6. The maximum atomic E-state index is 15.1. The molecule has 2 aliphatic heterocycles. The molecule has 2 saturated heterocycles. The highest BCUT2D eigenvalue weighted by Gasteiger charge is 2.36. The number of nitro groups is 1. The highest BCUT2D eigenvalue weighted by molar-refractivity contribution is 5.90. The number of rotatable bonds is 7. The van der Waals surface area contributed by atoms with Gasteiger partial charge in [-0.25, -0.2) is 9.18 Å². The molecule has 0 aromatic heterocycles. The van der Waals surface area contributed by atoms with Gasteiger partial charge in [-0.3, -0.25) is 19.8 Å². The van der Waals surface area contributed by atoms with Crippen LogP contribution in [0.15, 0.2) is 42.5 Å². The molecule has 1 unspecified atom stereocenters. The molecule has 0 spiro atoms. The summed E-state index contributed by atoms with van der Waals surface area (Å²) in [5, 5.41) is 26.6. The number of nitro benzene ring substituents is 1. The lowest BCUT2D eigenvalue weighted by molar-refractivity contribution is -0.384. The fraction of sp³-hybridized carbons (Fsp3) is 0.375. The zero-order valence-electron chi connectivity index (χ0n) is 19.6. The van der Waals surface area contributed by atoms with Gasteiger partial charge in [0.1, 0.15) is 17.5 Å². The number of carbonyl (C=O) groups is 2. The van der Waals surface area contributed by atoms with Gasteiger partial charge in [-0.05, 0) is 24.3 Å². The summed E-state index contributed by atoms with van der Waals surface area (Å²) in [5.74, 6) is -0.746. The number of nitrogens with zero attached hydrogens (tertiary/aromatic N) is 4. The van der Waals surface area contributed by atoms with E-state index < -0.39 is 28.5 Å². The van der Waals surface area contributed by atoms with Crippen LogP contribution in [0.25, 0.3) is 0 Å². The van der Waals surface area contributed by atoms with Crippen LogP contribution in [-0.2, 0) is 9.53 Å². The predicted octanol–water partition coefficient (Wildman–Crippen LogP) is 3.17. The molecular weight excluding hydrogens is 471 g/mol. The standard InChI is InChI=1S/C24H25FN6O5/c1-16(32)27-13-20-14-30(23(33)36-20)18-5-6-22(21(25)12-18)29-9-7-24(15-26,8-10-29)28-17-3-2-4-19(11-17)31(34)35/h2-6,11-12,20,28H,7-10,13-14H2,1H3,(H,27,32). The van der Waals surface area contributed by atoms with E-state index >= 15 is 4.39 Å². The van der Waals surface area contributed by atoms with Crippen molar-refractivity contribution in [2.75, 3.05) is 41.3 Å². The molecule has 2 aromatic carbocycles. The van der Waals surface area contributed by atoms with Gasteiger partial charge in [0.05, 0.1) is 35.5 Å². The van der Waals surface area contributed by atoms with Crippen molar-refractivity contribution in [3.63, 3.8) is 0 Å². The minimum absolute atomic E-state index is 0.0731. The number of nitrogens with one attached hydrogen (secondary N) is 2. The van der Waals surface area contributed by atoms with Crippen LogP contribution in [0.5, 0.6) is 0 Å². The number of anilines is 3. The number of amides is 2. The number of benzene rings is 2. The van der Waals surface area contributed by atoms with Crippen molar-refractivity contribution in [2.24, 2.45) is 0 Å². The van der Waals surface area contributed by atoms with Crippen molar-refractivity contribution in [1.82, 2.24) is 5.32 Å². The van der Waals surface area contributed by atoms with Crippen molar-refractivity contribution < 1.29 is 23.6 Å². The van der Waals surface area contributed by atoms with E-state index in [-0.39, 0.29) is 24.7 Å². The third kappa shape index (κ3) is 5.30. The maximum Gasteiger partial charge on any atom is 0.414 e. The van der Waals surface area contributed by atoms with Gasteiger partial charge in [0, 0.05) is 50.7 Å². The molecule has 1 atom stereocenters. The van der Waals surface area contributed by atoms with Crippen molar-refractivity contribution in [1.29, 1.82) is 5.26 Å². The van der Waals surface area contributed by atoms with Crippen molar-refractivity contribution in [3.8, 4) is 6.07 Å². The minimum atomic E-state index is -0.940. The summed E-state index contributed by atoms with van der Waals surface area (Å²) in [6.45, 7) is 2.51. The highest BCUT2D eigenvalue weighted by atomic mass is 19.1. The number of non-ortho nitro benzene ring substituents is 1. The molecule has 2 N–H and O–H groups in total. The first-order valence-corrected chi connectivity index (χ1v) is 11.4. The van der Waals surface area contributed by atoms with Crippen LogP contribution < -0.4 is 20.4 Å². The Hall–Kier alpha value is -4.40. The number of halogens is 1. The topological polar surface area (TPSA) is 141 Å². The molecule has 2 heterocycles. The first-order chi connectivity index (χ1) is 17.2. The van der Waals surface area contributed by atoms with Crippen LogP contribution in [0.3, 0.4) is 0 Å². The summed E-state index contributed by atoms with van der Waals surface area (Å²) in [6.07, 6.45) is -0.391. The van der Waals surface area contributed by atoms with Crippen molar-refractivity contribution in [3.05, 3.63) is 58.4 Å². The summed E-state index contributed by atoms with van der Waals surface area (Å²) >= 11 is 0. The second-order valence-corrected chi connectivity index (χ2v) is 8.80. The molecule has 2 fully saturated rings. The summed E-state index contributed by atoms with van der Waals surface area (Å²) in [4.78, 5) is 37.0. The molecule has 4 rings (SSSR count). The van der Waals surface area contributed by atoms with E-state index in [0.717, 1.165) is 0 Å². The second kappa shape index (κ2) is 10.1. The van der Waals surface area contributed by atoms with Gasteiger partial charge >= 0.3 is 6.09 Å². The summed E-state index contributed by atoms with van der Waals surface area (Å²) in [7, 11) is 0. The van der Waals surface area contributed by atoms with E-state index in [1.54, 1.807) is 24.3 Å². The second-order valence-electron chi connectivity index (χ2n) is 8.80. The number of cyclic esters (lactones) is 1. The van der Waals surface area contributed by atoms with Gasteiger partial charge in [-0.1, -0.05) is 6.07 Å². The fourth-order valence-corrected chi connectivity index (χ4v) is 4.38. The van der Waals surface area contributed by atoms with Crippen LogP contribution in [0.2, 0.25) is 0 Å². The lowest BCUT2D eigenvalue weighted by Crippen LogP contribution is -2.48. The molecule has 2 amide bonds. The van der Waals surface area contributed by atoms with Gasteiger partial charge in [0.2, 0.25) is 5.91 Å². The number of nitriles is 1. The van der Waals surface area contributed by atoms with Crippen LogP contribution >= 0.6 is 0 Å². The maximum absolute atomic E-state index is 15.1. The fourth-order valence-electron chi connectivity index (χ4n) is 4.38. The Labute approximate surface area is 206 Å². The number of hydrogen-bond acceptors (Lipinski definition) is 8.